The van der Waals surface area contributed by atoms with E-state index in [1.54, 1.807) is 39.7 Å². The highest BCUT2D eigenvalue weighted by Gasteiger charge is 2.06. The highest BCUT2D eigenvalue weighted by molar-refractivity contribution is 5.93. The van der Waals surface area contributed by atoms with Crippen LogP contribution in [-0.4, -0.2) is 15.0 Å². The summed E-state index contributed by atoms with van der Waals surface area (Å²) in [6.45, 7) is 3.17. The number of benzene rings is 1. The fourth-order valence-electron chi connectivity index (χ4n) is 2.08. The number of nitrogens with one attached hydrogen (secondary N) is 1. The summed E-state index contributed by atoms with van der Waals surface area (Å²) < 4.78 is 3.30. The first kappa shape index (κ1) is 14.1. The van der Waals surface area contributed by atoms with Crippen LogP contribution >= 0.6 is 0 Å². The van der Waals surface area contributed by atoms with Gasteiger partial charge in [-0.2, -0.15) is 0 Å². The number of aromatic nitrogens is 2. The lowest BCUT2D eigenvalue weighted by Crippen LogP contribution is -2.30. The lowest BCUT2D eigenvalue weighted by atomic mass is 10.1. The van der Waals surface area contributed by atoms with Crippen LogP contribution in [0.4, 0.5) is 0 Å². The van der Waals surface area contributed by atoms with Crippen molar-refractivity contribution < 1.29 is 4.79 Å². The predicted octanol–water partition coefficient (Wildman–Crippen LogP) is 0.712. The molecule has 0 saturated carbocycles. The largest absolute Gasteiger partial charge is 0.328 e. The molecule has 2 aromatic rings. The third-order valence-electron chi connectivity index (χ3n) is 3.06. The molecule has 0 saturated heterocycles. The summed E-state index contributed by atoms with van der Waals surface area (Å²) in [5.41, 5.74) is 3.41. The van der Waals surface area contributed by atoms with Crippen molar-refractivity contribution in [1.29, 1.82) is 0 Å². The molecule has 1 heterocycles. The maximum absolute atomic E-state index is 12.1. The monoisotopic (exact) mass is 274 g/mol. The van der Waals surface area contributed by atoms with Crippen LogP contribution in [0.3, 0.4) is 0 Å². The van der Waals surface area contributed by atoms with Crippen molar-refractivity contribution in [2.45, 2.75) is 26.4 Å². The highest BCUT2D eigenvalue weighted by Crippen LogP contribution is 2.06. The molecule has 0 aliphatic heterocycles. The van der Waals surface area contributed by atoms with Gasteiger partial charge in [0, 0.05) is 24.5 Å². The van der Waals surface area contributed by atoms with Crippen LogP contribution in [0.1, 0.15) is 29.3 Å². The van der Waals surface area contributed by atoms with Crippen LogP contribution < -0.4 is 17.0 Å². The minimum absolute atomic E-state index is 0.0412. The Hall–Kier alpha value is -2.34. The Balaban J connectivity index is 2.22. The second-order valence-corrected chi connectivity index (χ2v) is 4.58. The number of carbonyl (C=O) groups excluding carboxylic acids is 1. The maximum Gasteiger partial charge on any atom is 0.328 e. The molecule has 0 atom stereocenters. The minimum Gasteiger partial charge on any atom is -0.299 e. The number of aryl methyl sites for hydroxylation is 1. The van der Waals surface area contributed by atoms with Gasteiger partial charge >= 0.3 is 5.69 Å². The fourth-order valence-corrected chi connectivity index (χ4v) is 2.08. The number of hydrogen-bond donors (Lipinski definition) is 2. The minimum atomic E-state index is -0.345. The first-order valence-electron chi connectivity index (χ1n) is 6.51. The van der Waals surface area contributed by atoms with Gasteiger partial charge in [0.15, 0.2) is 0 Å². The van der Waals surface area contributed by atoms with Gasteiger partial charge in [-0.3, -0.25) is 19.4 Å². The van der Waals surface area contributed by atoms with E-state index < -0.39 is 0 Å². The van der Waals surface area contributed by atoms with E-state index in [4.69, 9.17) is 5.84 Å². The van der Waals surface area contributed by atoms with Gasteiger partial charge in [-0.1, -0.05) is 19.1 Å². The highest BCUT2D eigenvalue weighted by atomic mass is 16.2. The fraction of sp³-hybridized carbons (Fsp3) is 0.286. The van der Waals surface area contributed by atoms with Crippen molar-refractivity contribution in [3.63, 3.8) is 0 Å². The molecule has 106 valence electrons. The molecule has 6 heteroatoms. The van der Waals surface area contributed by atoms with Crippen molar-refractivity contribution in [2.24, 2.45) is 5.84 Å². The zero-order chi connectivity index (χ0) is 14.5. The van der Waals surface area contributed by atoms with Gasteiger partial charge in [0.05, 0.1) is 6.54 Å². The Labute approximate surface area is 116 Å². The van der Waals surface area contributed by atoms with E-state index in [-0.39, 0.29) is 11.6 Å². The number of carbonyl (C=O) groups is 1. The molecule has 1 amide bonds. The van der Waals surface area contributed by atoms with E-state index >= 15 is 0 Å². The molecule has 20 heavy (non-hydrogen) atoms. The molecule has 0 aliphatic carbocycles. The van der Waals surface area contributed by atoms with Crippen molar-refractivity contribution in [3.8, 4) is 0 Å². The zero-order valence-electron chi connectivity index (χ0n) is 11.4. The topological polar surface area (TPSA) is 82.1 Å². The van der Waals surface area contributed by atoms with Gasteiger partial charge < -0.3 is 0 Å². The summed E-state index contributed by atoms with van der Waals surface area (Å²) in [5.74, 6) is 4.76. The summed E-state index contributed by atoms with van der Waals surface area (Å²) in [4.78, 5) is 23.5. The molecule has 0 bridgehead atoms. The number of hydrogen-bond acceptors (Lipinski definition) is 3. The summed E-state index contributed by atoms with van der Waals surface area (Å²) in [6, 6.07) is 7.05. The standard InChI is InChI=1S/C14H18N4O2/c1-2-6-17-7-8-18(14(17)20)10-11-4-3-5-12(9-11)13(19)16-15/h3-5,7-9H,2,6,10,15H2,1H3,(H,16,19). The van der Waals surface area contributed by atoms with Crippen molar-refractivity contribution in [1.82, 2.24) is 14.6 Å². The van der Waals surface area contributed by atoms with Crippen molar-refractivity contribution >= 4 is 5.91 Å². The molecule has 1 aromatic carbocycles. The molecular weight excluding hydrogens is 256 g/mol. The van der Waals surface area contributed by atoms with E-state index in [0.29, 0.717) is 18.7 Å². The Bertz CT molecular complexity index is 657. The molecule has 6 nitrogen and oxygen atoms in total. The van der Waals surface area contributed by atoms with Crippen molar-refractivity contribution in [3.05, 3.63) is 58.3 Å². The smallest absolute Gasteiger partial charge is 0.299 e. The second kappa shape index (κ2) is 6.21. The lowest BCUT2D eigenvalue weighted by Gasteiger charge is -2.05. The van der Waals surface area contributed by atoms with Gasteiger partial charge in [-0.05, 0) is 24.1 Å². The molecule has 0 radical (unpaired) electrons. The number of imidazole rings is 1. The lowest BCUT2D eigenvalue weighted by molar-refractivity contribution is 0.0953. The van der Waals surface area contributed by atoms with Crippen LogP contribution in [-0.2, 0) is 13.1 Å². The molecule has 0 unspecified atom stereocenters. The Morgan fingerprint density at radius 1 is 1.30 bits per heavy atom. The number of amides is 1. The first-order valence-corrected chi connectivity index (χ1v) is 6.51. The Morgan fingerprint density at radius 3 is 2.75 bits per heavy atom. The summed E-state index contributed by atoms with van der Waals surface area (Å²) in [5, 5.41) is 0. The first-order chi connectivity index (χ1) is 9.65. The van der Waals surface area contributed by atoms with E-state index in [0.717, 1.165) is 12.0 Å². The number of hydrazine groups is 1. The Morgan fingerprint density at radius 2 is 2.05 bits per heavy atom. The number of nitrogens with two attached hydrogens (primary N) is 1. The van der Waals surface area contributed by atoms with Gasteiger partial charge in [-0.15, -0.1) is 0 Å². The number of nitrogens with zero attached hydrogens (tertiary/aromatic N) is 2. The van der Waals surface area contributed by atoms with Gasteiger partial charge in [0.1, 0.15) is 0 Å². The quantitative estimate of drug-likeness (QED) is 0.478. The molecule has 3 N–H and O–H groups in total. The van der Waals surface area contributed by atoms with Gasteiger partial charge in [0.2, 0.25) is 0 Å². The summed E-state index contributed by atoms with van der Waals surface area (Å²) in [7, 11) is 0. The van der Waals surface area contributed by atoms with Crippen molar-refractivity contribution in [2.75, 3.05) is 0 Å². The molecule has 2 rings (SSSR count). The summed E-state index contributed by atoms with van der Waals surface area (Å²) >= 11 is 0. The van der Waals surface area contributed by atoms with Gasteiger partial charge in [-0.25, -0.2) is 10.6 Å². The van der Waals surface area contributed by atoms with E-state index in [2.05, 4.69) is 5.43 Å². The molecule has 1 aromatic heterocycles. The van der Waals surface area contributed by atoms with Crippen LogP contribution in [0.5, 0.6) is 0 Å². The second-order valence-electron chi connectivity index (χ2n) is 4.58. The number of rotatable bonds is 5. The molecule has 0 spiro atoms. The van der Waals surface area contributed by atoms with E-state index in [9.17, 15) is 9.59 Å². The van der Waals surface area contributed by atoms with E-state index in [1.165, 1.54) is 0 Å². The Kier molecular flexibility index (Phi) is 4.37. The third-order valence-corrected chi connectivity index (χ3v) is 3.06. The molecule has 0 fully saturated rings. The average Bonchev–Trinajstić information content (AvgIpc) is 2.80. The third kappa shape index (κ3) is 2.97. The maximum atomic E-state index is 12.1. The van der Waals surface area contributed by atoms with Crippen LogP contribution in [0.25, 0.3) is 0 Å². The SMILES string of the molecule is CCCn1ccn(Cc2cccc(C(=O)NN)c2)c1=O. The van der Waals surface area contributed by atoms with E-state index in [1.807, 2.05) is 13.0 Å². The average molecular weight is 274 g/mol. The molecule has 0 aliphatic rings. The molecular formula is C14H18N4O2. The zero-order valence-corrected chi connectivity index (χ0v) is 11.4. The van der Waals surface area contributed by atoms with Crippen LogP contribution in [0.15, 0.2) is 41.5 Å². The normalized spacial score (nSPS) is 10.5. The van der Waals surface area contributed by atoms with Crippen LogP contribution in [0, 0.1) is 0 Å². The predicted molar refractivity (Wildman–Crippen MR) is 76.2 cm³/mol. The van der Waals surface area contributed by atoms with Gasteiger partial charge in [0.25, 0.3) is 5.91 Å². The van der Waals surface area contributed by atoms with Crippen LogP contribution in [0.2, 0.25) is 0 Å². The number of nitrogen functional groups attached to an aromatic ring is 1. The summed E-state index contributed by atoms with van der Waals surface area (Å²) in [6.07, 6.45) is 4.45.